The van der Waals surface area contributed by atoms with Gasteiger partial charge in [-0.1, -0.05) is 32.0 Å². The first-order valence-electron chi connectivity index (χ1n) is 6.55. The molecule has 16 heavy (non-hydrogen) atoms. The van der Waals surface area contributed by atoms with E-state index in [-0.39, 0.29) is 0 Å². The largest absolute Gasteiger partial charge is 0.373 e. The molecule has 0 N–H and O–H groups in total. The summed E-state index contributed by atoms with van der Waals surface area (Å²) in [5, 5.41) is 0. The Hall–Kier alpha value is -0.820. The van der Waals surface area contributed by atoms with Crippen LogP contribution in [0, 0.1) is 0 Å². The Kier molecular flexibility index (Phi) is 4.00. The maximum Gasteiger partial charge on any atom is 0.0810 e. The zero-order chi connectivity index (χ0) is 11.4. The van der Waals surface area contributed by atoms with E-state index in [1.165, 1.54) is 30.4 Å². The standard InChI is InChI=1S/C15H22O/c1-3-12-8-9-14(13(4-2)10-12)6-5-7-15-11-16-15/h8-10,15H,3-7,11H2,1-2H3. The molecule has 0 aliphatic carbocycles. The fourth-order valence-corrected chi connectivity index (χ4v) is 2.23. The second kappa shape index (κ2) is 5.49. The quantitative estimate of drug-likeness (QED) is 0.665. The van der Waals surface area contributed by atoms with Crippen LogP contribution >= 0.6 is 0 Å². The molecular weight excluding hydrogens is 196 g/mol. The maximum absolute atomic E-state index is 5.24. The lowest BCUT2D eigenvalue weighted by Gasteiger charge is -2.09. The molecule has 88 valence electrons. The summed E-state index contributed by atoms with van der Waals surface area (Å²) in [7, 11) is 0. The lowest BCUT2D eigenvalue weighted by Crippen LogP contribution is -1.96. The Morgan fingerprint density at radius 3 is 2.62 bits per heavy atom. The summed E-state index contributed by atoms with van der Waals surface area (Å²) in [5.74, 6) is 0. The van der Waals surface area contributed by atoms with Gasteiger partial charge >= 0.3 is 0 Å². The summed E-state index contributed by atoms with van der Waals surface area (Å²) < 4.78 is 5.24. The van der Waals surface area contributed by atoms with Gasteiger partial charge in [0.05, 0.1) is 12.7 Å². The van der Waals surface area contributed by atoms with Gasteiger partial charge < -0.3 is 4.74 Å². The van der Waals surface area contributed by atoms with E-state index < -0.39 is 0 Å². The minimum absolute atomic E-state index is 0.583. The Bertz CT molecular complexity index is 339. The highest BCUT2D eigenvalue weighted by Gasteiger charge is 2.21. The second-order valence-corrected chi connectivity index (χ2v) is 4.66. The summed E-state index contributed by atoms with van der Waals surface area (Å²) in [5.41, 5.74) is 4.54. The van der Waals surface area contributed by atoms with Crippen LogP contribution in [0.2, 0.25) is 0 Å². The minimum atomic E-state index is 0.583. The van der Waals surface area contributed by atoms with E-state index in [9.17, 15) is 0 Å². The first-order valence-corrected chi connectivity index (χ1v) is 6.55. The molecule has 1 heterocycles. The molecule has 0 saturated carbocycles. The molecule has 1 nitrogen and oxygen atoms in total. The van der Waals surface area contributed by atoms with Crippen LogP contribution in [0.1, 0.15) is 43.4 Å². The topological polar surface area (TPSA) is 12.5 Å². The van der Waals surface area contributed by atoms with Crippen LogP contribution < -0.4 is 0 Å². The van der Waals surface area contributed by atoms with Crippen molar-refractivity contribution in [2.24, 2.45) is 0 Å². The van der Waals surface area contributed by atoms with Gasteiger partial charge in [0.25, 0.3) is 0 Å². The molecule has 1 heteroatoms. The first-order chi connectivity index (χ1) is 7.83. The fourth-order valence-electron chi connectivity index (χ4n) is 2.23. The number of rotatable bonds is 6. The van der Waals surface area contributed by atoms with Gasteiger partial charge in [-0.2, -0.15) is 0 Å². The molecule has 0 radical (unpaired) electrons. The van der Waals surface area contributed by atoms with E-state index >= 15 is 0 Å². The Morgan fingerprint density at radius 2 is 2.00 bits per heavy atom. The molecule has 1 saturated heterocycles. The molecule has 1 aliphatic rings. The van der Waals surface area contributed by atoms with E-state index in [0.717, 1.165) is 19.4 Å². The van der Waals surface area contributed by atoms with Crippen molar-refractivity contribution < 1.29 is 4.74 Å². The lowest BCUT2D eigenvalue weighted by molar-refractivity contribution is 0.392. The Morgan fingerprint density at radius 1 is 1.19 bits per heavy atom. The molecule has 2 rings (SSSR count). The molecule has 0 aromatic heterocycles. The van der Waals surface area contributed by atoms with Crippen molar-refractivity contribution in [3.8, 4) is 0 Å². The predicted molar refractivity (Wildman–Crippen MR) is 67.9 cm³/mol. The molecular formula is C15H22O. The summed E-state index contributed by atoms with van der Waals surface area (Å²) in [6.45, 7) is 5.47. The van der Waals surface area contributed by atoms with Crippen LogP contribution in [0.5, 0.6) is 0 Å². The fraction of sp³-hybridized carbons (Fsp3) is 0.600. The van der Waals surface area contributed by atoms with Crippen LogP contribution in [0.15, 0.2) is 18.2 Å². The van der Waals surface area contributed by atoms with E-state index in [4.69, 9.17) is 4.74 Å². The SMILES string of the molecule is CCc1ccc(CCCC2CO2)c(CC)c1. The number of epoxide rings is 1. The van der Waals surface area contributed by atoms with Crippen molar-refractivity contribution in [2.45, 2.75) is 52.1 Å². The van der Waals surface area contributed by atoms with Crippen LogP contribution in [0.3, 0.4) is 0 Å². The zero-order valence-electron chi connectivity index (χ0n) is 10.5. The van der Waals surface area contributed by atoms with E-state index in [2.05, 4.69) is 32.0 Å². The van der Waals surface area contributed by atoms with Crippen molar-refractivity contribution in [1.29, 1.82) is 0 Å². The molecule has 1 aliphatic heterocycles. The van der Waals surface area contributed by atoms with Gasteiger partial charge in [0.15, 0.2) is 0 Å². The van der Waals surface area contributed by atoms with Gasteiger partial charge in [-0.3, -0.25) is 0 Å². The number of hydrogen-bond donors (Lipinski definition) is 0. The molecule has 1 fully saturated rings. The third-order valence-corrected chi connectivity index (χ3v) is 3.43. The highest BCUT2D eigenvalue weighted by Crippen LogP contribution is 2.20. The number of benzene rings is 1. The van der Waals surface area contributed by atoms with Crippen LogP contribution in [-0.2, 0) is 24.0 Å². The van der Waals surface area contributed by atoms with Gasteiger partial charge in [0, 0.05) is 0 Å². The van der Waals surface area contributed by atoms with Gasteiger partial charge in [0.1, 0.15) is 0 Å². The summed E-state index contributed by atoms with van der Waals surface area (Å²) in [6.07, 6.45) is 6.60. The smallest absolute Gasteiger partial charge is 0.0810 e. The number of ether oxygens (including phenoxy) is 1. The second-order valence-electron chi connectivity index (χ2n) is 4.66. The summed E-state index contributed by atoms with van der Waals surface area (Å²) in [6, 6.07) is 6.98. The van der Waals surface area contributed by atoms with Crippen molar-refractivity contribution >= 4 is 0 Å². The molecule has 1 atom stereocenters. The Balaban J connectivity index is 1.94. The van der Waals surface area contributed by atoms with Crippen molar-refractivity contribution in [2.75, 3.05) is 6.61 Å². The van der Waals surface area contributed by atoms with Gasteiger partial charge in [-0.25, -0.2) is 0 Å². The number of aryl methyl sites for hydroxylation is 3. The molecule has 0 spiro atoms. The highest BCUT2D eigenvalue weighted by molar-refractivity contribution is 5.32. The van der Waals surface area contributed by atoms with Gasteiger partial charge in [-0.05, 0) is 48.8 Å². The van der Waals surface area contributed by atoms with Crippen molar-refractivity contribution in [3.05, 3.63) is 34.9 Å². The number of hydrogen-bond acceptors (Lipinski definition) is 1. The van der Waals surface area contributed by atoms with Crippen molar-refractivity contribution in [1.82, 2.24) is 0 Å². The third-order valence-electron chi connectivity index (χ3n) is 3.43. The normalized spacial score (nSPS) is 18.8. The zero-order valence-corrected chi connectivity index (χ0v) is 10.5. The third kappa shape index (κ3) is 3.08. The summed E-state index contributed by atoms with van der Waals surface area (Å²) in [4.78, 5) is 0. The monoisotopic (exact) mass is 218 g/mol. The predicted octanol–water partition coefficient (Wildman–Crippen LogP) is 3.53. The average Bonchev–Trinajstić information content (AvgIpc) is 3.13. The van der Waals surface area contributed by atoms with Crippen LogP contribution in [-0.4, -0.2) is 12.7 Å². The molecule has 1 aromatic rings. The highest BCUT2D eigenvalue weighted by atomic mass is 16.6. The van der Waals surface area contributed by atoms with Gasteiger partial charge in [-0.15, -0.1) is 0 Å². The first kappa shape index (κ1) is 11.7. The Labute approximate surface area is 98.8 Å². The van der Waals surface area contributed by atoms with E-state index in [1.54, 1.807) is 5.56 Å². The summed E-state index contributed by atoms with van der Waals surface area (Å²) >= 11 is 0. The molecule has 1 unspecified atom stereocenters. The molecule has 0 bridgehead atoms. The van der Waals surface area contributed by atoms with Crippen LogP contribution in [0.4, 0.5) is 0 Å². The lowest BCUT2D eigenvalue weighted by atomic mass is 9.96. The minimum Gasteiger partial charge on any atom is -0.373 e. The maximum atomic E-state index is 5.24. The van der Waals surface area contributed by atoms with Gasteiger partial charge in [0.2, 0.25) is 0 Å². The average molecular weight is 218 g/mol. The van der Waals surface area contributed by atoms with Crippen LogP contribution in [0.25, 0.3) is 0 Å². The van der Waals surface area contributed by atoms with E-state index in [1.807, 2.05) is 0 Å². The molecule has 1 aromatic carbocycles. The van der Waals surface area contributed by atoms with Crippen molar-refractivity contribution in [3.63, 3.8) is 0 Å². The molecule has 0 amide bonds. The van der Waals surface area contributed by atoms with E-state index in [0.29, 0.717) is 6.10 Å².